The van der Waals surface area contributed by atoms with E-state index in [0.717, 1.165) is 19.3 Å². The highest BCUT2D eigenvalue weighted by Crippen LogP contribution is 2.26. The molecule has 1 amide bonds. The van der Waals surface area contributed by atoms with Gasteiger partial charge in [-0.3, -0.25) is 4.79 Å². The molecule has 2 aromatic heterocycles. The summed E-state index contributed by atoms with van der Waals surface area (Å²) in [5, 5.41) is 8.29. The Labute approximate surface area is 185 Å². The first-order valence-electron chi connectivity index (χ1n) is 10.3. The smallest absolute Gasteiger partial charge is 0.273 e. The molecule has 170 valence electrons. The van der Waals surface area contributed by atoms with E-state index in [-0.39, 0.29) is 17.5 Å². The summed E-state index contributed by atoms with van der Waals surface area (Å²) in [4.78, 5) is 24.6. The van der Waals surface area contributed by atoms with Crippen LogP contribution in [0.15, 0.2) is 43.0 Å². The van der Waals surface area contributed by atoms with Crippen LogP contribution in [0.3, 0.4) is 0 Å². The van der Waals surface area contributed by atoms with Gasteiger partial charge in [0.25, 0.3) is 11.8 Å². The molecule has 0 unspecified atom stereocenters. The van der Waals surface area contributed by atoms with Crippen molar-refractivity contribution >= 4 is 5.91 Å². The molecule has 8 nitrogen and oxygen atoms in total. The lowest BCUT2D eigenvalue weighted by Crippen LogP contribution is -2.39. The molecular weight excluding hydrogens is 418 g/mol. The fraction of sp³-hybridized carbons (Fsp3) is 0.409. The molecular formula is C22H26F2N6O2. The van der Waals surface area contributed by atoms with Crippen molar-refractivity contribution in [2.24, 2.45) is 0 Å². The standard InChI is InChI=1S/C22H26F2N6O2/c1-5-29(15(2)6-9-20-25-13-16(14-26-20)22(3,23)24)21(31)18-8-7-17(32-4)12-19(18)30-27-10-11-28-30/h7-8,10-15H,5-6,9H2,1-4H3/t15-/m0/s1. The number of rotatable bonds is 9. The Kier molecular flexibility index (Phi) is 7.12. The number of hydrogen-bond acceptors (Lipinski definition) is 6. The second-order valence-electron chi connectivity index (χ2n) is 7.46. The zero-order chi connectivity index (χ0) is 23.3. The third-order valence-electron chi connectivity index (χ3n) is 5.20. The summed E-state index contributed by atoms with van der Waals surface area (Å²) in [7, 11) is 1.55. The fourth-order valence-corrected chi connectivity index (χ4v) is 3.34. The predicted molar refractivity (Wildman–Crippen MR) is 114 cm³/mol. The van der Waals surface area contributed by atoms with E-state index in [1.54, 1.807) is 30.2 Å². The van der Waals surface area contributed by atoms with Crippen LogP contribution in [0.1, 0.15) is 48.9 Å². The average Bonchev–Trinajstić information content (AvgIpc) is 3.32. The second-order valence-corrected chi connectivity index (χ2v) is 7.46. The van der Waals surface area contributed by atoms with Gasteiger partial charge in [-0.05, 0) is 32.4 Å². The molecule has 1 atom stereocenters. The van der Waals surface area contributed by atoms with Crippen molar-refractivity contribution in [1.29, 1.82) is 0 Å². The molecule has 10 heteroatoms. The summed E-state index contributed by atoms with van der Waals surface area (Å²) in [5.41, 5.74) is 0.741. The van der Waals surface area contributed by atoms with Crippen molar-refractivity contribution in [2.75, 3.05) is 13.7 Å². The molecule has 0 bridgehead atoms. The van der Waals surface area contributed by atoms with Gasteiger partial charge in [-0.2, -0.15) is 15.0 Å². The maximum atomic E-state index is 13.4. The molecule has 0 N–H and O–H groups in total. The van der Waals surface area contributed by atoms with Gasteiger partial charge >= 0.3 is 0 Å². The minimum absolute atomic E-state index is 0.135. The van der Waals surface area contributed by atoms with Crippen LogP contribution in [-0.4, -0.2) is 55.5 Å². The zero-order valence-corrected chi connectivity index (χ0v) is 18.5. The molecule has 0 saturated heterocycles. The highest BCUT2D eigenvalue weighted by atomic mass is 19.3. The molecule has 0 aliphatic heterocycles. The number of hydrogen-bond donors (Lipinski definition) is 0. The van der Waals surface area contributed by atoms with E-state index in [0.29, 0.717) is 42.2 Å². The Balaban J connectivity index is 1.76. The zero-order valence-electron chi connectivity index (χ0n) is 18.5. The summed E-state index contributed by atoms with van der Waals surface area (Å²) in [6, 6.07) is 4.99. The summed E-state index contributed by atoms with van der Waals surface area (Å²) >= 11 is 0. The highest BCUT2D eigenvalue weighted by Gasteiger charge is 2.26. The second kappa shape index (κ2) is 9.80. The normalized spacial score (nSPS) is 12.4. The Bertz CT molecular complexity index is 1040. The van der Waals surface area contributed by atoms with Gasteiger partial charge in [0, 0.05) is 44.4 Å². The van der Waals surface area contributed by atoms with E-state index in [4.69, 9.17) is 4.74 Å². The Morgan fingerprint density at radius 3 is 2.44 bits per heavy atom. The maximum Gasteiger partial charge on any atom is 0.273 e. The van der Waals surface area contributed by atoms with Gasteiger partial charge in [0.15, 0.2) is 0 Å². The summed E-state index contributed by atoms with van der Waals surface area (Å²) in [6.07, 6.45) is 6.40. The number of benzene rings is 1. The third-order valence-corrected chi connectivity index (χ3v) is 5.20. The molecule has 0 radical (unpaired) electrons. The first-order valence-corrected chi connectivity index (χ1v) is 10.3. The molecule has 0 spiro atoms. The minimum Gasteiger partial charge on any atom is -0.497 e. The molecule has 2 heterocycles. The van der Waals surface area contributed by atoms with Crippen LogP contribution in [0.5, 0.6) is 5.75 Å². The monoisotopic (exact) mass is 444 g/mol. The third kappa shape index (κ3) is 5.24. The molecule has 3 rings (SSSR count). The van der Waals surface area contributed by atoms with Gasteiger partial charge in [-0.1, -0.05) is 0 Å². The van der Waals surface area contributed by atoms with Crippen LogP contribution in [0.2, 0.25) is 0 Å². The highest BCUT2D eigenvalue weighted by molar-refractivity contribution is 5.98. The average molecular weight is 444 g/mol. The number of halogens is 2. The largest absolute Gasteiger partial charge is 0.497 e. The van der Waals surface area contributed by atoms with Gasteiger partial charge in [-0.15, -0.1) is 0 Å². The Morgan fingerprint density at radius 1 is 1.22 bits per heavy atom. The van der Waals surface area contributed by atoms with E-state index in [1.807, 2.05) is 13.8 Å². The summed E-state index contributed by atoms with van der Waals surface area (Å²) < 4.78 is 32.0. The van der Waals surface area contributed by atoms with E-state index in [9.17, 15) is 13.6 Å². The number of aromatic nitrogens is 5. The SMILES string of the molecule is CCN(C(=O)c1ccc(OC)cc1-n1nccn1)[C@@H](C)CCc1ncc(C(C)(F)F)cn1. The molecule has 0 fully saturated rings. The number of ether oxygens (including phenoxy) is 1. The first kappa shape index (κ1) is 23.2. The summed E-state index contributed by atoms with van der Waals surface area (Å²) in [5.74, 6) is -2.10. The topological polar surface area (TPSA) is 86.0 Å². The summed E-state index contributed by atoms with van der Waals surface area (Å²) in [6.45, 7) is 5.13. The number of methoxy groups -OCH3 is 1. The Hall–Kier alpha value is -3.43. The van der Waals surface area contributed by atoms with Crippen molar-refractivity contribution < 1.29 is 18.3 Å². The predicted octanol–water partition coefficient (Wildman–Crippen LogP) is 3.66. The van der Waals surface area contributed by atoms with E-state index >= 15 is 0 Å². The van der Waals surface area contributed by atoms with Crippen molar-refractivity contribution in [3.8, 4) is 11.4 Å². The van der Waals surface area contributed by atoms with Crippen molar-refractivity contribution in [2.45, 2.75) is 45.6 Å². The van der Waals surface area contributed by atoms with Gasteiger partial charge in [-0.25, -0.2) is 18.7 Å². The van der Waals surface area contributed by atoms with Crippen LogP contribution in [-0.2, 0) is 12.3 Å². The van der Waals surface area contributed by atoms with E-state index < -0.39 is 5.92 Å². The number of carbonyl (C=O) groups is 1. The van der Waals surface area contributed by atoms with E-state index in [1.165, 1.54) is 17.2 Å². The van der Waals surface area contributed by atoms with Crippen LogP contribution in [0.25, 0.3) is 5.69 Å². The van der Waals surface area contributed by atoms with Gasteiger partial charge in [0.05, 0.1) is 30.6 Å². The lowest BCUT2D eigenvalue weighted by atomic mass is 10.1. The van der Waals surface area contributed by atoms with Gasteiger partial charge in [0.1, 0.15) is 17.3 Å². The van der Waals surface area contributed by atoms with Crippen molar-refractivity contribution in [1.82, 2.24) is 29.9 Å². The van der Waals surface area contributed by atoms with Crippen LogP contribution >= 0.6 is 0 Å². The molecule has 3 aromatic rings. The van der Waals surface area contributed by atoms with Crippen LogP contribution < -0.4 is 4.74 Å². The maximum absolute atomic E-state index is 13.4. The van der Waals surface area contributed by atoms with Crippen LogP contribution in [0, 0.1) is 0 Å². The number of alkyl halides is 2. The molecule has 0 aliphatic rings. The lowest BCUT2D eigenvalue weighted by Gasteiger charge is -2.29. The first-order chi connectivity index (χ1) is 15.2. The lowest BCUT2D eigenvalue weighted by molar-refractivity contribution is 0.0166. The molecule has 32 heavy (non-hydrogen) atoms. The van der Waals surface area contributed by atoms with Crippen molar-refractivity contribution in [3.63, 3.8) is 0 Å². The van der Waals surface area contributed by atoms with E-state index in [2.05, 4.69) is 20.2 Å². The van der Waals surface area contributed by atoms with Crippen LogP contribution in [0.4, 0.5) is 8.78 Å². The molecule has 1 aromatic carbocycles. The number of amides is 1. The quantitative estimate of drug-likeness (QED) is 0.501. The fourth-order valence-electron chi connectivity index (χ4n) is 3.34. The molecule has 0 aliphatic carbocycles. The van der Waals surface area contributed by atoms with Crippen molar-refractivity contribution in [3.05, 3.63) is 59.9 Å². The Morgan fingerprint density at radius 2 is 1.88 bits per heavy atom. The van der Waals surface area contributed by atoms with Gasteiger partial charge < -0.3 is 9.64 Å². The molecule has 0 saturated carbocycles. The number of nitrogens with zero attached hydrogens (tertiary/aromatic N) is 6. The number of aryl methyl sites for hydroxylation is 1. The minimum atomic E-state index is -2.98. The number of carbonyl (C=O) groups excluding carboxylic acids is 1. The van der Waals surface area contributed by atoms with Gasteiger partial charge in [0.2, 0.25) is 0 Å².